The first-order valence-electron chi connectivity index (χ1n) is 8.16. The molecule has 0 aliphatic heterocycles. The van der Waals surface area contributed by atoms with E-state index in [9.17, 15) is 9.90 Å². The van der Waals surface area contributed by atoms with E-state index in [-0.39, 0.29) is 12.2 Å². The zero-order chi connectivity index (χ0) is 15.9. The first-order chi connectivity index (χ1) is 9.78. The van der Waals surface area contributed by atoms with Crippen molar-refractivity contribution < 1.29 is 14.6 Å². The Bertz CT molecular complexity index is 313. The Hall–Kier alpha value is -0.810. The Morgan fingerprint density at radius 1 is 1.38 bits per heavy atom. The van der Waals surface area contributed by atoms with Crippen molar-refractivity contribution in [3.63, 3.8) is 0 Å². The Balaban J connectivity index is 2.22. The molecule has 0 saturated heterocycles. The summed E-state index contributed by atoms with van der Waals surface area (Å²) in [5.74, 6) is 0.476. The largest absolute Gasteiger partial charge is 0.444 e. The van der Waals surface area contributed by atoms with Crippen LogP contribution in [0.1, 0.15) is 59.8 Å². The van der Waals surface area contributed by atoms with Gasteiger partial charge in [-0.05, 0) is 65.8 Å². The molecule has 3 atom stereocenters. The van der Waals surface area contributed by atoms with Gasteiger partial charge in [-0.2, -0.15) is 0 Å². The van der Waals surface area contributed by atoms with E-state index >= 15 is 0 Å². The van der Waals surface area contributed by atoms with Crippen molar-refractivity contribution in [3.8, 4) is 0 Å². The molecule has 21 heavy (non-hydrogen) atoms. The molecule has 3 N–H and O–H groups in total. The van der Waals surface area contributed by atoms with Crippen molar-refractivity contribution in [2.75, 3.05) is 13.1 Å². The van der Waals surface area contributed by atoms with Crippen molar-refractivity contribution in [3.05, 3.63) is 0 Å². The van der Waals surface area contributed by atoms with E-state index in [1.54, 1.807) is 0 Å². The van der Waals surface area contributed by atoms with Crippen LogP contribution in [-0.4, -0.2) is 42.0 Å². The normalized spacial score (nSPS) is 23.9. The van der Waals surface area contributed by atoms with Gasteiger partial charge in [-0.15, -0.1) is 0 Å². The lowest BCUT2D eigenvalue weighted by Gasteiger charge is -2.23. The van der Waals surface area contributed by atoms with E-state index < -0.39 is 5.60 Å². The molecular formula is C16H32N2O3. The van der Waals surface area contributed by atoms with E-state index in [1.165, 1.54) is 6.42 Å². The summed E-state index contributed by atoms with van der Waals surface area (Å²) in [5.41, 5.74) is -0.446. The second kappa shape index (κ2) is 8.59. The highest BCUT2D eigenvalue weighted by Gasteiger charge is 2.27. The van der Waals surface area contributed by atoms with Crippen LogP contribution in [0, 0.1) is 5.92 Å². The van der Waals surface area contributed by atoms with Crippen molar-refractivity contribution in [1.82, 2.24) is 10.6 Å². The average Bonchev–Trinajstić information content (AvgIpc) is 2.77. The highest BCUT2D eigenvalue weighted by Crippen LogP contribution is 2.25. The molecule has 1 rings (SSSR count). The highest BCUT2D eigenvalue weighted by atomic mass is 16.6. The monoisotopic (exact) mass is 300 g/mol. The number of ether oxygens (including phenoxy) is 1. The standard InChI is InChI=1S/C16H32N2O3/c1-12(19)7-6-10-17-14-9-5-8-13(14)11-18-15(20)21-16(2,3)4/h12-14,17,19H,5-11H2,1-4H3,(H,18,20). The molecule has 1 aliphatic carbocycles. The maximum atomic E-state index is 11.7. The summed E-state index contributed by atoms with van der Waals surface area (Å²) in [6.45, 7) is 9.03. The Kier molecular flexibility index (Phi) is 7.46. The first kappa shape index (κ1) is 18.2. The number of hydrogen-bond donors (Lipinski definition) is 3. The lowest BCUT2D eigenvalue weighted by Crippen LogP contribution is -2.41. The fourth-order valence-corrected chi connectivity index (χ4v) is 2.76. The van der Waals surface area contributed by atoms with E-state index in [4.69, 9.17) is 4.74 Å². The number of aliphatic hydroxyl groups is 1. The van der Waals surface area contributed by atoms with Gasteiger partial charge in [0.25, 0.3) is 0 Å². The van der Waals surface area contributed by atoms with Gasteiger partial charge >= 0.3 is 6.09 Å². The smallest absolute Gasteiger partial charge is 0.407 e. The maximum Gasteiger partial charge on any atom is 0.407 e. The molecule has 5 heteroatoms. The van der Waals surface area contributed by atoms with Crippen LogP contribution < -0.4 is 10.6 Å². The summed E-state index contributed by atoms with van der Waals surface area (Å²) < 4.78 is 5.26. The fourth-order valence-electron chi connectivity index (χ4n) is 2.76. The third-order valence-corrected chi connectivity index (χ3v) is 3.77. The van der Waals surface area contributed by atoms with E-state index in [2.05, 4.69) is 10.6 Å². The lowest BCUT2D eigenvalue weighted by atomic mass is 10.0. The van der Waals surface area contributed by atoms with Gasteiger partial charge in [-0.3, -0.25) is 0 Å². The topological polar surface area (TPSA) is 70.6 Å². The van der Waals surface area contributed by atoms with Gasteiger partial charge in [-0.1, -0.05) is 6.42 Å². The zero-order valence-corrected chi connectivity index (χ0v) is 13.9. The van der Waals surface area contributed by atoms with Crippen LogP contribution in [-0.2, 0) is 4.74 Å². The summed E-state index contributed by atoms with van der Waals surface area (Å²) >= 11 is 0. The Morgan fingerprint density at radius 2 is 2.10 bits per heavy atom. The number of carbonyl (C=O) groups excluding carboxylic acids is 1. The van der Waals surface area contributed by atoms with Crippen LogP contribution in [0.15, 0.2) is 0 Å². The van der Waals surface area contributed by atoms with E-state index in [1.807, 2.05) is 27.7 Å². The lowest BCUT2D eigenvalue weighted by molar-refractivity contribution is 0.0517. The summed E-state index contributed by atoms with van der Waals surface area (Å²) in [7, 11) is 0. The highest BCUT2D eigenvalue weighted by molar-refractivity contribution is 5.67. The van der Waals surface area contributed by atoms with Gasteiger partial charge in [-0.25, -0.2) is 4.79 Å². The quantitative estimate of drug-likeness (QED) is 0.632. The van der Waals surface area contributed by atoms with Crippen LogP contribution in [0.2, 0.25) is 0 Å². The third-order valence-electron chi connectivity index (χ3n) is 3.77. The molecular weight excluding hydrogens is 268 g/mol. The maximum absolute atomic E-state index is 11.7. The third kappa shape index (κ3) is 8.27. The van der Waals surface area contributed by atoms with Gasteiger partial charge in [0.05, 0.1) is 6.10 Å². The molecule has 3 unspecified atom stereocenters. The minimum Gasteiger partial charge on any atom is -0.444 e. The molecule has 1 saturated carbocycles. The minimum atomic E-state index is -0.446. The summed E-state index contributed by atoms with van der Waals surface area (Å²) in [6, 6.07) is 0.467. The Morgan fingerprint density at radius 3 is 2.71 bits per heavy atom. The second-order valence-electron chi connectivity index (χ2n) is 7.13. The minimum absolute atomic E-state index is 0.222. The zero-order valence-electron chi connectivity index (χ0n) is 13.9. The predicted octanol–water partition coefficient (Wildman–Crippen LogP) is 2.43. The van der Waals surface area contributed by atoms with Crippen LogP contribution in [0.3, 0.4) is 0 Å². The van der Waals surface area contributed by atoms with Crippen LogP contribution in [0.5, 0.6) is 0 Å². The average molecular weight is 300 g/mol. The molecule has 1 amide bonds. The number of nitrogens with one attached hydrogen (secondary N) is 2. The van der Waals surface area contributed by atoms with Crippen molar-refractivity contribution >= 4 is 6.09 Å². The molecule has 0 aromatic heterocycles. The van der Waals surface area contributed by atoms with Gasteiger partial charge in [0, 0.05) is 12.6 Å². The van der Waals surface area contributed by atoms with Crippen LogP contribution in [0.4, 0.5) is 4.79 Å². The molecule has 124 valence electrons. The number of amides is 1. The van der Waals surface area contributed by atoms with Crippen molar-refractivity contribution in [2.24, 2.45) is 5.92 Å². The van der Waals surface area contributed by atoms with Crippen molar-refractivity contribution in [2.45, 2.75) is 77.5 Å². The first-order valence-corrected chi connectivity index (χ1v) is 8.16. The SMILES string of the molecule is CC(O)CCCNC1CCCC1CNC(=O)OC(C)(C)C. The molecule has 0 heterocycles. The molecule has 0 bridgehead atoms. The molecule has 1 fully saturated rings. The predicted molar refractivity (Wildman–Crippen MR) is 84.3 cm³/mol. The van der Waals surface area contributed by atoms with Crippen molar-refractivity contribution in [1.29, 1.82) is 0 Å². The second-order valence-corrected chi connectivity index (χ2v) is 7.13. The van der Waals surface area contributed by atoms with Gasteiger partial charge in [0.15, 0.2) is 0 Å². The van der Waals surface area contributed by atoms with Gasteiger partial charge < -0.3 is 20.5 Å². The number of aliphatic hydroxyl groups excluding tert-OH is 1. The van der Waals surface area contributed by atoms with Gasteiger partial charge in [0.2, 0.25) is 0 Å². The van der Waals surface area contributed by atoms with Crippen LogP contribution >= 0.6 is 0 Å². The Labute approximate surface area is 128 Å². The van der Waals surface area contributed by atoms with E-state index in [0.29, 0.717) is 18.5 Å². The number of alkyl carbamates (subject to hydrolysis) is 1. The van der Waals surface area contributed by atoms with Gasteiger partial charge in [0.1, 0.15) is 5.60 Å². The summed E-state index contributed by atoms with van der Waals surface area (Å²) in [6.07, 6.45) is 4.77. The molecule has 0 aromatic carbocycles. The molecule has 5 nitrogen and oxygen atoms in total. The summed E-state index contributed by atoms with van der Waals surface area (Å²) in [5, 5.41) is 15.7. The van der Waals surface area contributed by atoms with Crippen LogP contribution in [0.25, 0.3) is 0 Å². The fraction of sp³-hybridized carbons (Fsp3) is 0.938. The van der Waals surface area contributed by atoms with E-state index in [0.717, 1.165) is 32.2 Å². The molecule has 0 aromatic rings. The molecule has 1 aliphatic rings. The molecule has 0 spiro atoms. The molecule has 0 radical (unpaired) electrons. The number of rotatable bonds is 7. The summed E-state index contributed by atoms with van der Waals surface area (Å²) in [4.78, 5) is 11.7. The number of carbonyl (C=O) groups is 1. The number of hydrogen-bond acceptors (Lipinski definition) is 4.